The summed E-state index contributed by atoms with van der Waals surface area (Å²) in [6.45, 7) is 3.96. The number of amides is 2. The first-order valence-corrected chi connectivity index (χ1v) is 11.6. The van der Waals surface area contributed by atoms with Gasteiger partial charge in [0, 0.05) is 15.6 Å². The summed E-state index contributed by atoms with van der Waals surface area (Å²) in [5.41, 5.74) is 4.47. The highest BCUT2D eigenvalue weighted by Gasteiger charge is 2.14. The molecule has 0 saturated carbocycles. The van der Waals surface area contributed by atoms with E-state index in [1.165, 1.54) is 6.21 Å². The molecule has 0 atom stereocenters. The lowest BCUT2D eigenvalue weighted by Crippen LogP contribution is -2.34. The number of halogens is 1. The molecule has 0 aliphatic heterocycles. The molecule has 8 nitrogen and oxygen atoms in total. The van der Waals surface area contributed by atoms with Gasteiger partial charge in [-0.1, -0.05) is 34.1 Å². The number of ether oxygens (including phenoxy) is 2. The molecule has 180 valence electrons. The summed E-state index contributed by atoms with van der Waals surface area (Å²) < 4.78 is 11.6. The van der Waals surface area contributed by atoms with E-state index in [9.17, 15) is 14.4 Å². The molecule has 0 aliphatic rings. The summed E-state index contributed by atoms with van der Waals surface area (Å²) >= 11 is 3.37. The van der Waals surface area contributed by atoms with Crippen molar-refractivity contribution in [1.82, 2.24) is 10.7 Å². The van der Waals surface area contributed by atoms with Crippen LogP contribution in [0.15, 0.2) is 76.3 Å². The van der Waals surface area contributed by atoms with Crippen LogP contribution >= 0.6 is 15.9 Å². The second-order valence-electron chi connectivity index (χ2n) is 7.32. The molecule has 0 unspecified atom stereocenters. The van der Waals surface area contributed by atoms with Gasteiger partial charge in [-0.2, -0.15) is 5.10 Å². The number of benzene rings is 3. The van der Waals surface area contributed by atoms with Gasteiger partial charge in [0.05, 0.1) is 24.9 Å². The summed E-state index contributed by atoms with van der Waals surface area (Å²) in [6, 6.07) is 18.8. The van der Waals surface area contributed by atoms with Gasteiger partial charge in [-0.15, -0.1) is 0 Å². The van der Waals surface area contributed by atoms with Crippen LogP contribution in [0.2, 0.25) is 0 Å². The van der Waals surface area contributed by atoms with Gasteiger partial charge in [-0.3, -0.25) is 9.59 Å². The molecule has 0 saturated heterocycles. The summed E-state index contributed by atoms with van der Waals surface area (Å²) in [5.74, 6) is -0.476. The van der Waals surface area contributed by atoms with E-state index in [1.54, 1.807) is 54.6 Å². The Balaban J connectivity index is 1.57. The Morgan fingerprint density at radius 2 is 1.77 bits per heavy atom. The molecule has 0 radical (unpaired) electrons. The molecule has 3 aromatic rings. The quantitative estimate of drug-likeness (QED) is 0.183. The third-order valence-corrected chi connectivity index (χ3v) is 5.26. The highest BCUT2D eigenvalue weighted by atomic mass is 79.9. The van der Waals surface area contributed by atoms with Gasteiger partial charge in [0.2, 0.25) is 0 Å². The fourth-order valence-corrected chi connectivity index (χ4v) is 3.39. The van der Waals surface area contributed by atoms with Crippen molar-refractivity contribution >= 4 is 39.9 Å². The Hall–Kier alpha value is -3.98. The first-order valence-electron chi connectivity index (χ1n) is 10.8. The van der Waals surface area contributed by atoms with Crippen LogP contribution in [-0.4, -0.2) is 37.1 Å². The van der Waals surface area contributed by atoms with Crippen molar-refractivity contribution in [2.45, 2.75) is 13.8 Å². The Morgan fingerprint density at radius 3 is 2.49 bits per heavy atom. The van der Waals surface area contributed by atoms with Crippen molar-refractivity contribution in [2.75, 3.05) is 13.2 Å². The first kappa shape index (κ1) is 25.6. The molecule has 0 aliphatic carbocycles. The van der Waals surface area contributed by atoms with E-state index in [0.717, 1.165) is 10.0 Å². The summed E-state index contributed by atoms with van der Waals surface area (Å²) in [7, 11) is 0. The molecule has 0 spiro atoms. The van der Waals surface area contributed by atoms with Crippen molar-refractivity contribution in [3.05, 3.63) is 93.5 Å². The maximum atomic E-state index is 12.6. The predicted octanol–water partition coefficient (Wildman–Crippen LogP) is 4.26. The van der Waals surface area contributed by atoms with Crippen LogP contribution in [0.1, 0.15) is 38.8 Å². The molecule has 2 amide bonds. The maximum absolute atomic E-state index is 12.6. The number of hydrogen-bond acceptors (Lipinski definition) is 6. The number of carbonyl (C=O) groups excluding carboxylic acids is 3. The number of nitrogens with one attached hydrogen (secondary N) is 2. The Kier molecular flexibility index (Phi) is 9.14. The Labute approximate surface area is 211 Å². The van der Waals surface area contributed by atoms with E-state index < -0.39 is 17.8 Å². The van der Waals surface area contributed by atoms with E-state index in [-0.39, 0.29) is 12.3 Å². The fraction of sp³-hybridized carbons (Fsp3) is 0.154. The van der Waals surface area contributed by atoms with Gasteiger partial charge in [0.15, 0.2) is 0 Å². The third kappa shape index (κ3) is 7.51. The van der Waals surface area contributed by atoms with Crippen LogP contribution < -0.4 is 20.2 Å². The van der Waals surface area contributed by atoms with Crippen molar-refractivity contribution in [1.29, 1.82) is 0 Å². The largest absolute Gasteiger partial charge is 0.494 e. The molecule has 35 heavy (non-hydrogen) atoms. The molecular weight excluding hydrogens is 514 g/mol. The van der Waals surface area contributed by atoms with Crippen LogP contribution in [0.5, 0.6) is 11.5 Å². The van der Waals surface area contributed by atoms with Crippen LogP contribution in [0.3, 0.4) is 0 Å². The average molecular weight is 538 g/mol. The number of esters is 1. The number of aryl methyl sites for hydroxylation is 1. The lowest BCUT2D eigenvalue weighted by atomic mass is 10.1. The fourth-order valence-electron chi connectivity index (χ4n) is 3.02. The first-order chi connectivity index (χ1) is 16.9. The minimum absolute atomic E-state index is 0.267. The van der Waals surface area contributed by atoms with E-state index in [2.05, 4.69) is 31.8 Å². The van der Waals surface area contributed by atoms with Crippen molar-refractivity contribution in [3.63, 3.8) is 0 Å². The zero-order valence-electron chi connectivity index (χ0n) is 19.2. The van der Waals surface area contributed by atoms with Gasteiger partial charge in [0.1, 0.15) is 11.5 Å². The molecule has 0 aromatic heterocycles. The van der Waals surface area contributed by atoms with Crippen LogP contribution in [0.25, 0.3) is 0 Å². The van der Waals surface area contributed by atoms with E-state index in [4.69, 9.17) is 9.47 Å². The number of carbonyl (C=O) groups is 3. The molecule has 0 bridgehead atoms. The highest BCUT2D eigenvalue weighted by Crippen LogP contribution is 2.23. The molecule has 3 rings (SSSR count). The summed E-state index contributed by atoms with van der Waals surface area (Å²) in [5, 5.41) is 6.45. The zero-order chi connectivity index (χ0) is 25.2. The standard InChI is InChI=1S/C26H24BrN3O5/c1-3-34-21-11-8-18(9-12-21)25(32)28-16-24(31)30-29-15-19-14-20(27)10-13-23(19)35-26(33)22-7-5-4-6-17(22)2/h4-15H,3,16H2,1-2H3,(H,28,32)(H,30,31)/b29-15-. The lowest BCUT2D eigenvalue weighted by Gasteiger charge is -2.09. The Bertz CT molecular complexity index is 1240. The molecule has 0 heterocycles. The van der Waals surface area contributed by atoms with Crippen molar-refractivity contribution in [2.24, 2.45) is 5.10 Å². The van der Waals surface area contributed by atoms with Crippen LogP contribution in [-0.2, 0) is 4.79 Å². The van der Waals surface area contributed by atoms with Crippen molar-refractivity contribution < 1.29 is 23.9 Å². The van der Waals surface area contributed by atoms with Gasteiger partial charge >= 0.3 is 5.97 Å². The number of hydrazone groups is 1. The average Bonchev–Trinajstić information content (AvgIpc) is 2.85. The summed E-state index contributed by atoms with van der Waals surface area (Å²) in [6.07, 6.45) is 1.36. The smallest absolute Gasteiger partial charge is 0.343 e. The number of hydrogen-bond donors (Lipinski definition) is 2. The number of nitrogens with zero attached hydrogens (tertiary/aromatic N) is 1. The third-order valence-electron chi connectivity index (χ3n) is 4.77. The van der Waals surface area contributed by atoms with Crippen molar-refractivity contribution in [3.8, 4) is 11.5 Å². The normalized spacial score (nSPS) is 10.6. The predicted molar refractivity (Wildman–Crippen MR) is 136 cm³/mol. The van der Waals surface area contributed by atoms with E-state index in [0.29, 0.717) is 29.0 Å². The van der Waals surface area contributed by atoms with Gasteiger partial charge in [0.25, 0.3) is 11.8 Å². The van der Waals surface area contributed by atoms with Crippen LogP contribution in [0.4, 0.5) is 0 Å². The molecular formula is C26H24BrN3O5. The highest BCUT2D eigenvalue weighted by molar-refractivity contribution is 9.10. The second kappa shape index (κ2) is 12.5. The maximum Gasteiger partial charge on any atom is 0.343 e. The SMILES string of the molecule is CCOc1ccc(C(=O)NCC(=O)N/N=C\c2cc(Br)ccc2OC(=O)c2ccccc2C)cc1. The lowest BCUT2D eigenvalue weighted by molar-refractivity contribution is -0.120. The van der Waals surface area contributed by atoms with E-state index >= 15 is 0 Å². The molecule has 3 aromatic carbocycles. The zero-order valence-corrected chi connectivity index (χ0v) is 20.8. The summed E-state index contributed by atoms with van der Waals surface area (Å²) in [4.78, 5) is 36.9. The topological polar surface area (TPSA) is 106 Å². The monoisotopic (exact) mass is 537 g/mol. The number of rotatable bonds is 9. The molecule has 0 fully saturated rings. The molecule has 2 N–H and O–H groups in total. The minimum Gasteiger partial charge on any atom is -0.494 e. The van der Waals surface area contributed by atoms with Gasteiger partial charge in [-0.05, 0) is 67.9 Å². The van der Waals surface area contributed by atoms with Crippen LogP contribution in [0, 0.1) is 6.92 Å². The Morgan fingerprint density at radius 1 is 1.03 bits per heavy atom. The second-order valence-corrected chi connectivity index (χ2v) is 8.24. The van der Waals surface area contributed by atoms with E-state index in [1.807, 2.05) is 26.0 Å². The van der Waals surface area contributed by atoms with Gasteiger partial charge < -0.3 is 14.8 Å². The minimum atomic E-state index is -0.519. The van der Waals surface area contributed by atoms with Gasteiger partial charge in [-0.25, -0.2) is 10.2 Å². The molecule has 9 heteroatoms.